The first-order valence-corrected chi connectivity index (χ1v) is 10.7. The first-order valence-electron chi connectivity index (χ1n) is 9.86. The SMILES string of the molecule is O=C(COC(=O)[C@H](Cc1c[nH]c2ccccc12)NC(=O)c1ccco1)c1ccc(Br)cc1. The summed E-state index contributed by atoms with van der Waals surface area (Å²) in [5.41, 5.74) is 2.17. The molecule has 1 amide bonds. The van der Waals surface area contributed by atoms with E-state index >= 15 is 0 Å². The standard InChI is InChI=1S/C24H19BrN2O5/c25-17-9-7-15(8-10-17)21(28)14-32-24(30)20(27-23(29)22-6-3-11-31-22)12-16-13-26-19-5-2-1-4-18(16)19/h1-11,13,20,26H,12,14H2,(H,27,29)/t20-/m0/s1. The number of furan rings is 1. The zero-order chi connectivity index (χ0) is 22.5. The quantitative estimate of drug-likeness (QED) is 0.281. The van der Waals surface area contributed by atoms with Gasteiger partial charge in [0.25, 0.3) is 5.91 Å². The predicted octanol–water partition coefficient (Wildman–Crippen LogP) is 4.29. The van der Waals surface area contributed by atoms with Gasteiger partial charge in [0.1, 0.15) is 6.04 Å². The lowest BCUT2D eigenvalue weighted by Crippen LogP contribution is -2.43. The molecule has 2 N–H and O–H groups in total. The number of H-pyrrole nitrogens is 1. The summed E-state index contributed by atoms with van der Waals surface area (Å²) in [6, 6.07) is 16.5. The minimum absolute atomic E-state index is 0.0765. The molecular formula is C24H19BrN2O5. The van der Waals surface area contributed by atoms with Crippen molar-refractivity contribution >= 4 is 44.5 Å². The fourth-order valence-electron chi connectivity index (χ4n) is 3.31. The number of nitrogens with one attached hydrogen (secondary N) is 2. The van der Waals surface area contributed by atoms with Crippen molar-refractivity contribution < 1.29 is 23.5 Å². The van der Waals surface area contributed by atoms with Gasteiger partial charge in [0.15, 0.2) is 18.2 Å². The summed E-state index contributed by atoms with van der Waals surface area (Å²) in [5, 5.41) is 3.59. The number of rotatable bonds is 8. The molecule has 32 heavy (non-hydrogen) atoms. The van der Waals surface area contributed by atoms with Crippen LogP contribution < -0.4 is 5.32 Å². The Kier molecular flexibility index (Phi) is 6.51. The second-order valence-electron chi connectivity index (χ2n) is 7.10. The lowest BCUT2D eigenvalue weighted by Gasteiger charge is -2.17. The Balaban J connectivity index is 1.49. The van der Waals surface area contributed by atoms with Crippen LogP contribution >= 0.6 is 15.9 Å². The van der Waals surface area contributed by atoms with Gasteiger partial charge in [-0.05, 0) is 35.9 Å². The Labute approximate surface area is 191 Å². The molecule has 0 aliphatic carbocycles. The van der Waals surface area contributed by atoms with Crippen LogP contribution in [0.1, 0.15) is 26.5 Å². The van der Waals surface area contributed by atoms with E-state index in [9.17, 15) is 14.4 Å². The van der Waals surface area contributed by atoms with E-state index in [1.807, 2.05) is 24.3 Å². The third-order valence-electron chi connectivity index (χ3n) is 4.95. The Bertz CT molecular complexity index is 1250. The number of Topliss-reactive ketones (excluding diaryl/α,β-unsaturated/α-hetero) is 1. The summed E-state index contributed by atoms with van der Waals surface area (Å²) >= 11 is 3.31. The van der Waals surface area contributed by atoms with Crippen LogP contribution in [0, 0.1) is 0 Å². The Hall–Kier alpha value is -3.65. The minimum Gasteiger partial charge on any atom is -0.459 e. The van der Waals surface area contributed by atoms with Crippen LogP contribution in [0.5, 0.6) is 0 Å². The van der Waals surface area contributed by atoms with Crippen LogP contribution in [-0.4, -0.2) is 35.3 Å². The van der Waals surface area contributed by atoms with Crippen molar-refractivity contribution in [3.8, 4) is 0 Å². The number of carbonyl (C=O) groups excluding carboxylic acids is 3. The van der Waals surface area contributed by atoms with E-state index in [2.05, 4.69) is 26.2 Å². The molecule has 0 saturated heterocycles. The minimum atomic E-state index is -1.01. The zero-order valence-electron chi connectivity index (χ0n) is 16.8. The molecule has 0 fully saturated rings. The maximum Gasteiger partial charge on any atom is 0.329 e. The molecule has 4 rings (SSSR count). The summed E-state index contributed by atoms with van der Waals surface area (Å²) in [4.78, 5) is 40.9. The van der Waals surface area contributed by atoms with E-state index in [1.165, 1.54) is 12.3 Å². The van der Waals surface area contributed by atoms with Crippen molar-refractivity contribution in [1.82, 2.24) is 10.3 Å². The van der Waals surface area contributed by atoms with Crippen LogP contribution in [-0.2, 0) is 16.0 Å². The van der Waals surface area contributed by atoms with Gasteiger partial charge < -0.3 is 19.5 Å². The number of ketones is 1. The van der Waals surface area contributed by atoms with Gasteiger partial charge in [-0.2, -0.15) is 0 Å². The van der Waals surface area contributed by atoms with Crippen molar-refractivity contribution in [2.75, 3.05) is 6.61 Å². The molecule has 0 radical (unpaired) electrons. The van der Waals surface area contributed by atoms with E-state index in [0.717, 1.165) is 20.9 Å². The van der Waals surface area contributed by atoms with Gasteiger partial charge in [0, 0.05) is 33.6 Å². The Morgan fingerprint density at radius 2 is 1.81 bits per heavy atom. The van der Waals surface area contributed by atoms with Crippen LogP contribution in [0.25, 0.3) is 10.9 Å². The number of halogens is 1. The number of amides is 1. The molecular weight excluding hydrogens is 476 g/mol. The molecule has 0 aliphatic rings. The Morgan fingerprint density at radius 1 is 1.03 bits per heavy atom. The third kappa shape index (κ3) is 4.97. The van der Waals surface area contributed by atoms with Crippen LogP contribution in [0.4, 0.5) is 0 Å². The molecule has 1 atom stereocenters. The van der Waals surface area contributed by atoms with Crippen molar-refractivity contribution in [3.05, 3.63) is 94.5 Å². The van der Waals surface area contributed by atoms with Crippen LogP contribution in [0.15, 0.2) is 82.0 Å². The van der Waals surface area contributed by atoms with Gasteiger partial charge in [-0.1, -0.05) is 46.3 Å². The smallest absolute Gasteiger partial charge is 0.329 e. The third-order valence-corrected chi connectivity index (χ3v) is 5.47. The summed E-state index contributed by atoms with van der Waals surface area (Å²) < 4.78 is 11.2. The normalized spacial score (nSPS) is 11.8. The van der Waals surface area contributed by atoms with Gasteiger partial charge in [-0.25, -0.2) is 4.79 Å². The van der Waals surface area contributed by atoms with Gasteiger partial charge in [-0.15, -0.1) is 0 Å². The van der Waals surface area contributed by atoms with E-state index < -0.39 is 24.5 Å². The van der Waals surface area contributed by atoms with E-state index in [0.29, 0.717) is 5.56 Å². The highest BCUT2D eigenvalue weighted by atomic mass is 79.9. The molecule has 8 heteroatoms. The molecule has 7 nitrogen and oxygen atoms in total. The summed E-state index contributed by atoms with van der Waals surface area (Å²) in [5.74, 6) is -1.52. The van der Waals surface area contributed by atoms with Gasteiger partial charge >= 0.3 is 5.97 Å². The summed E-state index contributed by atoms with van der Waals surface area (Å²) in [6.07, 6.45) is 3.34. The topological polar surface area (TPSA) is 101 Å². The Morgan fingerprint density at radius 3 is 2.56 bits per heavy atom. The van der Waals surface area contributed by atoms with Crippen molar-refractivity contribution in [1.29, 1.82) is 0 Å². The lowest BCUT2D eigenvalue weighted by molar-refractivity contribution is -0.144. The second-order valence-corrected chi connectivity index (χ2v) is 8.02. The number of hydrogen-bond donors (Lipinski definition) is 2. The maximum absolute atomic E-state index is 12.9. The molecule has 0 bridgehead atoms. The second kappa shape index (κ2) is 9.65. The average molecular weight is 495 g/mol. The molecule has 2 aromatic heterocycles. The van der Waals surface area contributed by atoms with Crippen LogP contribution in [0.3, 0.4) is 0 Å². The number of carbonyl (C=O) groups is 3. The first-order chi connectivity index (χ1) is 15.5. The van der Waals surface area contributed by atoms with Crippen molar-refractivity contribution in [2.45, 2.75) is 12.5 Å². The van der Waals surface area contributed by atoms with E-state index in [-0.39, 0.29) is 18.0 Å². The largest absolute Gasteiger partial charge is 0.459 e. The van der Waals surface area contributed by atoms with Gasteiger partial charge in [0.05, 0.1) is 6.26 Å². The van der Waals surface area contributed by atoms with Crippen molar-refractivity contribution in [3.63, 3.8) is 0 Å². The summed E-state index contributed by atoms with van der Waals surface area (Å²) in [6.45, 7) is -0.429. The molecule has 2 heterocycles. The zero-order valence-corrected chi connectivity index (χ0v) is 18.4. The van der Waals surface area contributed by atoms with E-state index in [1.54, 1.807) is 36.5 Å². The van der Waals surface area contributed by atoms with Gasteiger partial charge in [0.2, 0.25) is 0 Å². The maximum atomic E-state index is 12.9. The molecule has 0 saturated carbocycles. The van der Waals surface area contributed by atoms with Crippen molar-refractivity contribution in [2.24, 2.45) is 0 Å². The highest BCUT2D eigenvalue weighted by molar-refractivity contribution is 9.10. The number of aromatic amines is 1. The lowest BCUT2D eigenvalue weighted by atomic mass is 10.0. The van der Waals surface area contributed by atoms with Crippen LogP contribution in [0.2, 0.25) is 0 Å². The number of benzene rings is 2. The summed E-state index contributed by atoms with van der Waals surface area (Å²) in [7, 11) is 0. The number of para-hydroxylation sites is 1. The molecule has 4 aromatic rings. The molecule has 0 aliphatic heterocycles. The highest BCUT2D eigenvalue weighted by Gasteiger charge is 2.26. The first kappa shape index (κ1) is 21.6. The molecule has 162 valence electrons. The monoisotopic (exact) mass is 494 g/mol. The predicted molar refractivity (Wildman–Crippen MR) is 121 cm³/mol. The number of esters is 1. The number of hydrogen-bond acceptors (Lipinski definition) is 5. The van der Waals surface area contributed by atoms with E-state index in [4.69, 9.17) is 9.15 Å². The fraction of sp³-hybridized carbons (Fsp3) is 0.125. The van der Waals surface area contributed by atoms with Gasteiger partial charge in [-0.3, -0.25) is 9.59 Å². The average Bonchev–Trinajstić information content (AvgIpc) is 3.48. The molecule has 0 unspecified atom stereocenters. The molecule has 2 aromatic carbocycles. The molecule has 0 spiro atoms. The highest BCUT2D eigenvalue weighted by Crippen LogP contribution is 2.20. The number of aromatic nitrogens is 1. The number of fused-ring (bicyclic) bond motifs is 1. The fourth-order valence-corrected chi connectivity index (χ4v) is 3.57. The number of ether oxygens (including phenoxy) is 1.